The fourth-order valence-corrected chi connectivity index (χ4v) is 5.77. The fraction of sp³-hybridized carbons (Fsp3) is 0.632. The minimum absolute atomic E-state index is 0.0169. The molecule has 1 amide bonds. The standard InChI is InChI=1S/C19H28ClN3O3S/c1-15(19(24)21(2)18-7-12-27(25,26)14-18)23-10-8-22(9-11-23)13-16-3-5-17(20)6-4-16/h3-6,15,18H,7-14H2,1-2H3. The second-order valence-electron chi connectivity index (χ2n) is 7.62. The largest absolute Gasteiger partial charge is 0.340 e. The number of amides is 1. The smallest absolute Gasteiger partial charge is 0.239 e. The van der Waals surface area contributed by atoms with E-state index < -0.39 is 9.84 Å². The molecule has 0 N–H and O–H groups in total. The Kier molecular flexibility index (Phi) is 6.46. The summed E-state index contributed by atoms with van der Waals surface area (Å²) in [5.41, 5.74) is 1.24. The van der Waals surface area contributed by atoms with Gasteiger partial charge in [0.1, 0.15) is 0 Å². The molecular weight excluding hydrogens is 386 g/mol. The molecule has 2 saturated heterocycles. The Labute approximate surface area is 167 Å². The van der Waals surface area contributed by atoms with Crippen LogP contribution in [0.3, 0.4) is 0 Å². The molecule has 6 nitrogen and oxygen atoms in total. The molecule has 1 aromatic carbocycles. The van der Waals surface area contributed by atoms with E-state index in [-0.39, 0.29) is 29.5 Å². The zero-order valence-electron chi connectivity index (χ0n) is 16.0. The first kappa shape index (κ1) is 20.6. The first-order valence-electron chi connectivity index (χ1n) is 9.43. The molecule has 0 saturated carbocycles. The summed E-state index contributed by atoms with van der Waals surface area (Å²) in [6, 6.07) is 7.50. The van der Waals surface area contributed by atoms with Crippen LogP contribution in [0.4, 0.5) is 0 Å². The third kappa shape index (κ3) is 5.22. The van der Waals surface area contributed by atoms with Gasteiger partial charge in [0, 0.05) is 50.8 Å². The van der Waals surface area contributed by atoms with E-state index in [9.17, 15) is 13.2 Å². The number of hydrogen-bond acceptors (Lipinski definition) is 5. The van der Waals surface area contributed by atoms with Crippen LogP contribution in [-0.4, -0.2) is 85.8 Å². The molecule has 0 aliphatic carbocycles. The molecular formula is C19H28ClN3O3S. The summed E-state index contributed by atoms with van der Waals surface area (Å²) in [5, 5.41) is 0.745. The highest BCUT2D eigenvalue weighted by molar-refractivity contribution is 7.91. The normalized spacial score (nSPS) is 24.6. The maximum atomic E-state index is 12.8. The fourth-order valence-electron chi connectivity index (χ4n) is 3.87. The van der Waals surface area contributed by atoms with Gasteiger partial charge in [-0.2, -0.15) is 0 Å². The van der Waals surface area contributed by atoms with Gasteiger partial charge in [0.25, 0.3) is 0 Å². The van der Waals surface area contributed by atoms with Crippen LogP contribution in [0.25, 0.3) is 0 Å². The maximum Gasteiger partial charge on any atom is 0.239 e. The van der Waals surface area contributed by atoms with Gasteiger partial charge >= 0.3 is 0 Å². The predicted molar refractivity (Wildman–Crippen MR) is 108 cm³/mol. The van der Waals surface area contributed by atoms with E-state index >= 15 is 0 Å². The van der Waals surface area contributed by atoms with E-state index in [2.05, 4.69) is 9.80 Å². The SMILES string of the molecule is CC(C(=O)N(C)C1CCS(=O)(=O)C1)N1CCN(Cc2ccc(Cl)cc2)CC1. The third-order valence-corrected chi connectivity index (χ3v) is 7.74. The highest BCUT2D eigenvalue weighted by Crippen LogP contribution is 2.19. The van der Waals surface area contributed by atoms with Gasteiger partial charge in [0.05, 0.1) is 17.5 Å². The van der Waals surface area contributed by atoms with Crippen LogP contribution < -0.4 is 0 Å². The number of rotatable bonds is 5. The van der Waals surface area contributed by atoms with Crippen molar-refractivity contribution < 1.29 is 13.2 Å². The Morgan fingerprint density at radius 3 is 2.41 bits per heavy atom. The van der Waals surface area contributed by atoms with E-state index in [1.165, 1.54) is 5.56 Å². The lowest BCUT2D eigenvalue weighted by Crippen LogP contribution is -2.55. The monoisotopic (exact) mass is 413 g/mol. The van der Waals surface area contributed by atoms with Gasteiger partial charge < -0.3 is 4.90 Å². The summed E-state index contributed by atoms with van der Waals surface area (Å²) in [6.07, 6.45) is 0.548. The molecule has 0 bridgehead atoms. The van der Waals surface area contributed by atoms with Crippen LogP contribution in [0, 0.1) is 0 Å². The average molecular weight is 414 g/mol. The second-order valence-corrected chi connectivity index (χ2v) is 10.3. The zero-order valence-corrected chi connectivity index (χ0v) is 17.5. The molecule has 27 heavy (non-hydrogen) atoms. The van der Waals surface area contributed by atoms with Gasteiger partial charge in [0.2, 0.25) is 5.91 Å². The van der Waals surface area contributed by atoms with E-state index in [0.717, 1.165) is 37.7 Å². The summed E-state index contributed by atoms with van der Waals surface area (Å²) in [6.45, 7) is 6.28. The van der Waals surface area contributed by atoms with Gasteiger partial charge in [-0.25, -0.2) is 8.42 Å². The second kappa shape index (κ2) is 8.47. The molecule has 150 valence electrons. The third-order valence-electron chi connectivity index (χ3n) is 5.74. The molecule has 1 aromatic rings. The molecule has 0 radical (unpaired) electrons. The molecule has 3 rings (SSSR count). The van der Waals surface area contributed by atoms with Gasteiger partial charge in [0.15, 0.2) is 9.84 Å². The van der Waals surface area contributed by atoms with Gasteiger partial charge in [-0.15, -0.1) is 0 Å². The number of benzene rings is 1. The lowest BCUT2D eigenvalue weighted by Gasteiger charge is -2.39. The maximum absolute atomic E-state index is 12.8. The van der Waals surface area contributed by atoms with Crippen molar-refractivity contribution >= 4 is 27.3 Å². The van der Waals surface area contributed by atoms with Crippen LogP contribution in [-0.2, 0) is 21.2 Å². The Morgan fingerprint density at radius 1 is 1.22 bits per heavy atom. The summed E-state index contributed by atoms with van der Waals surface area (Å²) < 4.78 is 23.4. The Balaban J connectivity index is 1.49. The summed E-state index contributed by atoms with van der Waals surface area (Å²) >= 11 is 5.94. The summed E-state index contributed by atoms with van der Waals surface area (Å²) in [7, 11) is -1.25. The van der Waals surface area contributed by atoms with E-state index in [0.29, 0.717) is 6.42 Å². The zero-order chi connectivity index (χ0) is 19.6. The molecule has 2 unspecified atom stereocenters. The highest BCUT2D eigenvalue weighted by atomic mass is 35.5. The van der Waals surface area contributed by atoms with Crippen LogP contribution >= 0.6 is 11.6 Å². The molecule has 0 spiro atoms. The van der Waals surface area contributed by atoms with Crippen molar-refractivity contribution in [3.8, 4) is 0 Å². The molecule has 2 aliphatic rings. The molecule has 2 fully saturated rings. The summed E-state index contributed by atoms with van der Waals surface area (Å²) in [5.74, 6) is 0.299. The number of piperazine rings is 1. The van der Waals surface area contributed by atoms with Crippen molar-refractivity contribution in [1.82, 2.24) is 14.7 Å². The van der Waals surface area contributed by atoms with Crippen molar-refractivity contribution in [2.24, 2.45) is 0 Å². The average Bonchev–Trinajstić information content (AvgIpc) is 3.02. The van der Waals surface area contributed by atoms with E-state index in [1.807, 2.05) is 31.2 Å². The van der Waals surface area contributed by atoms with Gasteiger partial charge in [-0.05, 0) is 31.0 Å². The van der Waals surface area contributed by atoms with E-state index in [1.54, 1.807) is 11.9 Å². The number of hydrogen-bond donors (Lipinski definition) is 0. The first-order chi connectivity index (χ1) is 12.7. The highest BCUT2D eigenvalue weighted by Gasteiger charge is 2.35. The Bertz CT molecular complexity index is 761. The molecule has 2 heterocycles. The molecule has 2 aliphatic heterocycles. The quantitative estimate of drug-likeness (QED) is 0.732. The Morgan fingerprint density at radius 2 is 1.85 bits per heavy atom. The molecule has 2 atom stereocenters. The van der Waals surface area contributed by atoms with Crippen LogP contribution in [0.15, 0.2) is 24.3 Å². The molecule has 8 heteroatoms. The van der Waals surface area contributed by atoms with Gasteiger partial charge in [-0.3, -0.25) is 14.6 Å². The van der Waals surface area contributed by atoms with Crippen LogP contribution in [0.1, 0.15) is 18.9 Å². The number of sulfone groups is 1. The Hall–Kier alpha value is -1.15. The lowest BCUT2D eigenvalue weighted by atomic mass is 10.1. The van der Waals surface area contributed by atoms with Crippen molar-refractivity contribution in [2.75, 3.05) is 44.7 Å². The topological polar surface area (TPSA) is 60.9 Å². The van der Waals surface area contributed by atoms with Crippen molar-refractivity contribution in [1.29, 1.82) is 0 Å². The minimum atomic E-state index is -2.99. The van der Waals surface area contributed by atoms with Crippen LogP contribution in [0.5, 0.6) is 0 Å². The number of carbonyl (C=O) groups excluding carboxylic acids is 1. The minimum Gasteiger partial charge on any atom is -0.340 e. The first-order valence-corrected chi connectivity index (χ1v) is 11.6. The number of halogens is 1. The van der Waals surface area contributed by atoms with Gasteiger partial charge in [-0.1, -0.05) is 23.7 Å². The van der Waals surface area contributed by atoms with E-state index in [4.69, 9.17) is 11.6 Å². The van der Waals surface area contributed by atoms with Crippen molar-refractivity contribution in [3.63, 3.8) is 0 Å². The lowest BCUT2D eigenvalue weighted by molar-refractivity contribution is -0.137. The number of nitrogens with zero attached hydrogens (tertiary/aromatic N) is 3. The number of carbonyl (C=O) groups is 1. The number of likely N-dealkylation sites (N-methyl/N-ethyl adjacent to an activating group) is 1. The van der Waals surface area contributed by atoms with Crippen molar-refractivity contribution in [3.05, 3.63) is 34.9 Å². The molecule has 0 aromatic heterocycles. The van der Waals surface area contributed by atoms with Crippen LogP contribution in [0.2, 0.25) is 5.02 Å². The predicted octanol–water partition coefficient (Wildman–Crippen LogP) is 1.49. The summed E-state index contributed by atoms with van der Waals surface area (Å²) in [4.78, 5) is 19.0. The van der Waals surface area contributed by atoms with Crippen molar-refractivity contribution in [2.45, 2.75) is 32.0 Å².